The molecule has 3 aromatic carbocycles. The van der Waals surface area contributed by atoms with Crippen LogP contribution in [0.15, 0.2) is 67.0 Å². The number of hydrogen-bond acceptors (Lipinski definition) is 4. The molecule has 31 heavy (non-hydrogen) atoms. The van der Waals surface area contributed by atoms with Gasteiger partial charge in [0.15, 0.2) is 5.78 Å². The highest BCUT2D eigenvalue weighted by molar-refractivity contribution is 6.38. The Kier molecular flexibility index (Phi) is 5.55. The number of rotatable bonds is 4. The summed E-state index contributed by atoms with van der Waals surface area (Å²) in [5, 5.41) is 4.60. The van der Waals surface area contributed by atoms with Gasteiger partial charge < -0.3 is 10.6 Å². The van der Waals surface area contributed by atoms with Crippen LogP contribution >= 0.6 is 11.6 Å². The number of ketones is 1. The van der Waals surface area contributed by atoms with Crippen molar-refractivity contribution in [1.82, 2.24) is 9.97 Å². The maximum atomic E-state index is 14.5. The molecule has 0 aliphatic heterocycles. The van der Waals surface area contributed by atoms with Gasteiger partial charge in [-0.15, -0.1) is 0 Å². The number of nitrogens with one attached hydrogen (secondary N) is 2. The zero-order valence-corrected chi connectivity index (χ0v) is 16.5. The smallest absolute Gasteiger partial charge is 0.308 e. The average molecular weight is 439 g/mol. The Morgan fingerprint density at radius 3 is 2.42 bits per heavy atom. The standard InChI is InChI=1S/C22H13ClF2N4O2/c23-20-17(29-22(31)28-14-3-1-2-13(24)11-14)7-5-15(25)19(20)21(30)12-4-6-16-18(10-12)27-9-8-26-16/h1-11H,(H2,28,29,31). The molecule has 0 bridgehead atoms. The van der Waals surface area contributed by atoms with Crippen LogP contribution < -0.4 is 10.6 Å². The third-order valence-electron chi connectivity index (χ3n) is 4.38. The van der Waals surface area contributed by atoms with Crippen molar-refractivity contribution >= 4 is 45.8 Å². The molecule has 2 N–H and O–H groups in total. The molecule has 1 aromatic heterocycles. The van der Waals surface area contributed by atoms with Crippen LogP contribution in [0.5, 0.6) is 0 Å². The fourth-order valence-corrected chi connectivity index (χ4v) is 3.24. The van der Waals surface area contributed by atoms with Crippen molar-refractivity contribution < 1.29 is 18.4 Å². The minimum atomic E-state index is -0.842. The zero-order valence-electron chi connectivity index (χ0n) is 15.7. The Bertz CT molecular complexity index is 1330. The fraction of sp³-hybridized carbons (Fsp3) is 0. The molecule has 1 heterocycles. The summed E-state index contributed by atoms with van der Waals surface area (Å²) < 4.78 is 27.8. The van der Waals surface area contributed by atoms with Crippen LogP contribution in [0.3, 0.4) is 0 Å². The number of fused-ring (bicyclic) bond motifs is 1. The van der Waals surface area contributed by atoms with Crippen LogP contribution in [0.1, 0.15) is 15.9 Å². The number of benzene rings is 3. The fourth-order valence-electron chi connectivity index (χ4n) is 2.96. The quantitative estimate of drug-likeness (QED) is 0.416. The van der Waals surface area contributed by atoms with E-state index in [-0.39, 0.29) is 22.0 Å². The molecule has 4 aromatic rings. The Balaban J connectivity index is 1.62. The highest BCUT2D eigenvalue weighted by Crippen LogP contribution is 2.31. The van der Waals surface area contributed by atoms with Crippen LogP contribution in [0, 0.1) is 11.6 Å². The molecule has 154 valence electrons. The normalized spacial score (nSPS) is 10.7. The van der Waals surface area contributed by atoms with E-state index in [1.165, 1.54) is 48.8 Å². The molecule has 4 rings (SSSR count). The summed E-state index contributed by atoms with van der Waals surface area (Å²) >= 11 is 6.26. The predicted octanol–water partition coefficient (Wildman–Crippen LogP) is 5.44. The van der Waals surface area contributed by atoms with Crippen LogP contribution in [-0.2, 0) is 0 Å². The predicted molar refractivity (Wildman–Crippen MR) is 113 cm³/mol. The van der Waals surface area contributed by atoms with Gasteiger partial charge in [-0.05, 0) is 48.5 Å². The number of carbonyl (C=O) groups excluding carboxylic acids is 2. The molecule has 9 heteroatoms. The van der Waals surface area contributed by atoms with Gasteiger partial charge in [-0.25, -0.2) is 13.6 Å². The number of carbonyl (C=O) groups is 2. The molecule has 2 amide bonds. The van der Waals surface area contributed by atoms with Crippen molar-refractivity contribution in [3.05, 3.63) is 94.8 Å². The highest BCUT2D eigenvalue weighted by atomic mass is 35.5. The van der Waals surface area contributed by atoms with E-state index in [0.717, 1.165) is 12.1 Å². The maximum Gasteiger partial charge on any atom is 0.323 e. The molecule has 0 spiro atoms. The molecule has 0 saturated carbocycles. The monoisotopic (exact) mass is 438 g/mol. The van der Waals surface area contributed by atoms with Gasteiger partial charge in [0.2, 0.25) is 0 Å². The van der Waals surface area contributed by atoms with Crippen LogP contribution in [-0.4, -0.2) is 21.8 Å². The second-order valence-corrected chi connectivity index (χ2v) is 6.84. The minimum Gasteiger partial charge on any atom is -0.308 e. The van der Waals surface area contributed by atoms with Gasteiger partial charge in [-0.2, -0.15) is 0 Å². The van der Waals surface area contributed by atoms with E-state index in [4.69, 9.17) is 11.6 Å². The Morgan fingerprint density at radius 2 is 1.65 bits per heavy atom. The third-order valence-corrected chi connectivity index (χ3v) is 4.77. The lowest BCUT2D eigenvalue weighted by Crippen LogP contribution is -2.20. The van der Waals surface area contributed by atoms with Gasteiger partial charge in [-0.3, -0.25) is 14.8 Å². The number of aromatic nitrogens is 2. The number of anilines is 2. The summed E-state index contributed by atoms with van der Waals surface area (Å²) in [6.45, 7) is 0. The Labute approximate surface area is 179 Å². The van der Waals surface area contributed by atoms with Gasteiger partial charge in [0.05, 0.1) is 27.3 Å². The molecule has 6 nitrogen and oxygen atoms in total. The molecule has 0 radical (unpaired) electrons. The average Bonchev–Trinajstić information content (AvgIpc) is 2.75. The highest BCUT2D eigenvalue weighted by Gasteiger charge is 2.22. The number of hydrogen-bond donors (Lipinski definition) is 2. The second-order valence-electron chi connectivity index (χ2n) is 6.46. The Hall–Kier alpha value is -3.91. The van der Waals surface area contributed by atoms with Gasteiger partial charge in [0.25, 0.3) is 0 Å². The summed E-state index contributed by atoms with van der Waals surface area (Å²) in [5.41, 5.74) is 1.04. The van der Waals surface area contributed by atoms with E-state index in [2.05, 4.69) is 20.6 Å². The molecule has 0 fully saturated rings. The molecular weight excluding hydrogens is 426 g/mol. The first-order valence-electron chi connectivity index (χ1n) is 8.99. The third kappa shape index (κ3) is 4.34. The lowest BCUT2D eigenvalue weighted by atomic mass is 10.0. The largest absolute Gasteiger partial charge is 0.323 e. The summed E-state index contributed by atoms with van der Waals surface area (Å²) in [7, 11) is 0. The number of halogens is 3. The van der Waals surface area contributed by atoms with Crippen molar-refractivity contribution in [3.8, 4) is 0 Å². The molecule has 0 atom stereocenters. The molecule has 0 aliphatic rings. The first-order valence-corrected chi connectivity index (χ1v) is 9.37. The minimum absolute atomic E-state index is 0.0147. The van der Waals surface area contributed by atoms with Crippen molar-refractivity contribution in [2.75, 3.05) is 10.6 Å². The van der Waals surface area contributed by atoms with E-state index in [1.54, 1.807) is 6.07 Å². The number of amides is 2. The first kappa shape index (κ1) is 20.4. The summed E-state index contributed by atoms with van der Waals surface area (Å²) in [4.78, 5) is 33.4. The van der Waals surface area contributed by atoms with E-state index >= 15 is 0 Å². The summed E-state index contributed by atoms with van der Waals surface area (Å²) in [5.74, 6) is -2.04. The van der Waals surface area contributed by atoms with Crippen molar-refractivity contribution in [2.45, 2.75) is 0 Å². The van der Waals surface area contributed by atoms with Crippen LogP contribution in [0.2, 0.25) is 5.02 Å². The Morgan fingerprint density at radius 1 is 0.871 bits per heavy atom. The van der Waals surface area contributed by atoms with E-state index in [9.17, 15) is 18.4 Å². The van der Waals surface area contributed by atoms with Crippen molar-refractivity contribution in [3.63, 3.8) is 0 Å². The second kappa shape index (κ2) is 8.45. The lowest BCUT2D eigenvalue weighted by Gasteiger charge is -2.12. The lowest BCUT2D eigenvalue weighted by molar-refractivity contribution is 0.103. The number of urea groups is 1. The van der Waals surface area contributed by atoms with Crippen molar-refractivity contribution in [1.29, 1.82) is 0 Å². The van der Waals surface area contributed by atoms with Crippen molar-refractivity contribution in [2.24, 2.45) is 0 Å². The van der Waals surface area contributed by atoms with Gasteiger partial charge >= 0.3 is 6.03 Å². The molecular formula is C22H13ClF2N4O2. The van der Waals surface area contributed by atoms with E-state index in [1.807, 2.05) is 0 Å². The maximum absolute atomic E-state index is 14.5. The first-order chi connectivity index (χ1) is 14.9. The van der Waals surface area contributed by atoms with Crippen LogP contribution in [0.25, 0.3) is 11.0 Å². The zero-order chi connectivity index (χ0) is 22.0. The van der Waals surface area contributed by atoms with Gasteiger partial charge in [-0.1, -0.05) is 17.7 Å². The SMILES string of the molecule is O=C(Nc1cccc(F)c1)Nc1ccc(F)c(C(=O)c2ccc3nccnc3c2)c1Cl. The topological polar surface area (TPSA) is 84.0 Å². The van der Waals surface area contributed by atoms with Crippen LogP contribution in [0.4, 0.5) is 25.0 Å². The molecule has 0 unspecified atom stereocenters. The molecule has 0 saturated heterocycles. The number of nitrogens with zero attached hydrogens (tertiary/aromatic N) is 2. The van der Waals surface area contributed by atoms with Gasteiger partial charge in [0.1, 0.15) is 11.6 Å². The van der Waals surface area contributed by atoms with Gasteiger partial charge in [0, 0.05) is 23.6 Å². The van der Waals surface area contributed by atoms with E-state index in [0.29, 0.717) is 11.0 Å². The summed E-state index contributed by atoms with van der Waals surface area (Å²) in [6, 6.07) is 11.4. The van der Waals surface area contributed by atoms with E-state index < -0.39 is 29.0 Å². The molecule has 0 aliphatic carbocycles. The summed E-state index contributed by atoms with van der Waals surface area (Å²) in [6.07, 6.45) is 3.00.